The highest BCUT2D eigenvalue weighted by molar-refractivity contribution is 5.89. The van der Waals surface area contributed by atoms with Gasteiger partial charge in [0.2, 0.25) is 0 Å². The summed E-state index contributed by atoms with van der Waals surface area (Å²) in [5, 5.41) is 12.2. The molecule has 6 heteroatoms. The number of carboxylic acids is 1. The highest BCUT2D eigenvalue weighted by Crippen LogP contribution is 2.23. The summed E-state index contributed by atoms with van der Waals surface area (Å²) in [7, 11) is 1.62. The standard InChI is InChI=1S/C19H17N3O3/c1-12-10-17(21-15-5-3-4-14(11-15)19(23)24)22-18(20-12)13-6-8-16(25-2)9-7-13/h3-11H,1-2H3,(H,23,24)(H,20,21,22). The largest absolute Gasteiger partial charge is 0.497 e. The fraction of sp³-hybridized carbons (Fsp3) is 0.105. The lowest BCUT2D eigenvalue weighted by Gasteiger charge is -2.10. The zero-order chi connectivity index (χ0) is 17.8. The van der Waals surface area contributed by atoms with Gasteiger partial charge in [0, 0.05) is 23.0 Å². The summed E-state index contributed by atoms with van der Waals surface area (Å²) in [4.78, 5) is 20.1. The molecule has 0 bridgehead atoms. The fourth-order valence-electron chi connectivity index (χ4n) is 2.38. The highest BCUT2D eigenvalue weighted by Gasteiger charge is 2.08. The van der Waals surface area contributed by atoms with Gasteiger partial charge in [-0.2, -0.15) is 0 Å². The molecule has 0 fully saturated rings. The van der Waals surface area contributed by atoms with Crippen molar-refractivity contribution in [2.75, 3.05) is 12.4 Å². The van der Waals surface area contributed by atoms with Crippen LogP contribution in [0.5, 0.6) is 5.75 Å². The minimum absolute atomic E-state index is 0.214. The number of aryl methyl sites for hydroxylation is 1. The summed E-state index contributed by atoms with van der Waals surface area (Å²) in [6.07, 6.45) is 0. The number of hydrogen-bond donors (Lipinski definition) is 2. The molecule has 3 rings (SSSR count). The number of carboxylic acid groups (broad SMARTS) is 1. The first kappa shape index (κ1) is 16.4. The van der Waals surface area contributed by atoms with Crippen LogP contribution in [0.2, 0.25) is 0 Å². The van der Waals surface area contributed by atoms with Crippen LogP contribution in [0.3, 0.4) is 0 Å². The Morgan fingerprint density at radius 2 is 1.84 bits per heavy atom. The molecule has 0 aliphatic heterocycles. The molecular weight excluding hydrogens is 318 g/mol. The van der Waals surface area contributed by atoms with Crippen molar-refractivity contribution in [1.82, 2.24) is 9.97 Å². The zero-order valence-corrected chi connectivity index (χ0v) is 13.9. The van der Waals surface area contributed by atoms with Crippen LogP contribution in [-0.2, 0) is 0 Å². The molecule has 0 aliphatic rings. The van der Waals surface area contributed by atoms with Crippen LogP contribution in [0.25, 0.3) is 11.4 Å². The molecule has 1 aromatic heterocycles. The summed E-state index contributed by atoms with van der Waals surface area (Å²) in [6.45, 7) is 1.88. The van der Waals surface area contributed by atoms with E-state index >= 15 is 0 Å². The van der Waals surface area contributed by atoms with Crippen LogP contribution in [-0.4, -0.2) is 28.2 Å². The van der Waals surface area contributed by atoms with E-state index in [-0.39, 0.29) is 5.56 Å². The van der Waals surface area contributed by atoms with Gasteiger partial charge in [-0.3, -0.25) is 0 Å². The second-order valence-corrected chi connectivity index (χ2v) is 5.46. The maximum Gasteiger partial charge on any atom is 0.335 e. The lowest BCUT2D eigenvalue weighted by Crippen LogP contribution is -2.01. The van der Waals surface area contributed by atoms with Gasteiger partial charge in [-0.05, 0) is 49.4 Å². The molecule has 0 saturated heterocycles. The minimum atomic E-state index is -0.971. The van der Waals surface area contributed by atoms with E-state index in [9.17, 15) is 4.79 Å². The summed E-state index contributed by atoms with van der Waals surface area (Å²) in [5.74, 6) is 0.974. The van der Waals surface area contributed by atoms with E-state index in [2.05, 4.69) is 15.3 Å². The molecular formula is C19H17N3O3. The monoisotopic (exact) mass is 335 g/mol. The number of nitrogens with one attached hydrogen (secondary N) is 1. The Morgan fingerprint density at radius 3 is 2.52 bits per heavy atom. The first-order valence-corrected chi connectivity index (χ1v) is 7.65. The minimum Gasteiger partial charge on any atom is -0.497 e. The van der Waals surface area contributed by atoms with Crippen LogP contribution in [0.15, 0.2) is 54.6 Å². The van der Waals surface area contributed by atoms with Crippen molar-refractivity contribution in [3.05, 3.63) is 65.9 Å². The van der Waals surface area contributed by atoms with Gasteiger partial charge in [0.15, 0.2) is 5.82 Å². The molecule has 3 aromatic rings. The summed E-state index contributed by atoms with van der Waals surface area (Å²) >= 11 is 0. The lowest BCUT2D eigenvalue weighted by molar-refractivity contribution is 0.0697. The molecule has 126 valence electrons. The molecule has 0 radical (unpaired) electrons. The summed E-state index contributed by atoms with van der Waals surface area (Å²) in [6, 6.07) is 15.9. The summed E-state index contributed by atoms with van der Waals surface area (Å²) in [5.41, 5.74) is 2.54. The number of benzene rings is 2. The SMILES string of the molecule is COc1ccc(-c2nc(C)cc(Nc3cccc(C(=O)O)c3)n2)cc1. The predicted octanol–water partition coefficient (Wildman–Crippen LogP) is 3.90. The first-order chi connectivity index (χ1) is 12.0. The van der Waals surface area contributed by atoms with Crippen molar-refractivity contribution in [3.8, 4) is 17.1 Å². The van der Waals surface area contributed by atoms with Crippen LogP contribution >= 0.6 is 0 Å². The third-order valence-electron chi connectivity index (χ3n) is 3.58. The van der Waals surface area contributed by atoms with Crippen molar-refractivity contribution in [1.29, 1.82) is 0 Å². The molecule has 25 heavy (non-hydrogen) atoms. The Hall–Kier alpha value is -3.41. The van der Waals surface area contributed by atoms with E-state index in [1.807, 2.05) is 31.2 Å². The van der Waals surface area contributed by atoms with E-state index in [0.29, 0.717) is 17.3 Å². The number of aromatic nitrogens is 2. The fourth-order valence-corrected chi connectivity index (χ4v) is 2.38. The van der Waals surface area contributed by atoms with E-state index in [1.165, 1.54) is 0 Å². The maximum atomic E-state index is 11.1. The number of aromatic carboxylic acids is 1. The van der Waals surface area contributed by atoms with Crippen molar-refractivity contribution < 1.29 is 14.6 Å². The van der Waals surface area contributed by atoms with Gasteiger partial charge in [-0.25, -0.2) is 14.8 Å². The Morgan fingerprint density at radius 1 is 1.08 bits per heavy atom. The Kier molecular flexibility index (Phi) is 4.61. The van der Waals surface area contributed by atoms with Crippen LogP contribution in [0.1, 0.15) is 16.1 Å². The van der Waals surface area contributed by atoms with Gasteiger partial charge in [0.05, 0.1) is 12.7 Å². The van der Waals surface area contributed by atoms with Gasteiger partial charge in [-0.15, -0.1) is 0 Å². The predicted molar refractivity (Wildman–Crippen MR) is 95.4 cm³/mol. The molecule has 6 nitrogen and oxygen atoms in total. The number of nitrogens with zero attached hydrogens (tertiary/aromatic N) is 2. The van der Waals surface area contributed by atoms with Crippen LogP contribution < -0.4 is 10.1 Å². The number of methoxy groups -OCH3 is 1. The second kappa shape index (κ2) is 7.00. The third kappa shape index (κ3) is 3.92. The van der Waals surface area contributed by atoms with E-state index in [4.69, 9.17) is 9.84 Å². The third-order valence-corrected chi connectivity index (χ3v) is 3.58. The Bertz CT molecular complexity index is 908. The number of ether oxygens (including phenoxy) is 1. The molecule has 0 unspecified atom stereocenters. The Balaban J connectivity index is 1.91. The van der Waals surface area contributed by atoms with E-state index in [1.54, 1.807) is 37.4 Å². The molecule has 2 aromatic carbocycles. The van der Waals surface area contributed by atoms with Crippen molar-refractivity contribution >= 4 is 17.5 Å². The van der Waals surface area contributed by atoms with Crippen molar-refractivity contribution in [2.24, 2.45) is 0 Å². The van der Waals surface area contributed by atoms with Gasteiger partial charge in [0.25, 0.3) is 0 Å². The van der Waals surface area contributed by atoms with Gasteiger partial charge in [-0.1, -0.05) is 6.07 Å². The quantitative estimate of drug-likeness (QED) is 0.735. The molecule has 2 N–H and O–H groups in total. The average molecular weight is 335 g/mol. The van der Waals surface area contributed by atoms with Gasteiger partial charge in [0.1, 0.15) is 11.6 Å². The van der Waals surface area contributed by atoms with Crippen molar-refractivity contribution in [2.45, 2.75) is 6.92 Å². The van der Waals surface area contributed by atoms with E-state index < -0.39 is 5.97 Å². The van der Waals surface area contributed by atoms with Crippen LogP contribution in [0, 0.1) is 6.92 Å². The molecule has 0 atom stereocenters. The lowest BCUT2D eigenvalue weighted by atomic mass is 10.2. The number of anilines is 2. The van der Waals surface area contributed by atoms with Gasteiger partial charge < -0.3 is 15.2 Å². The second-order valence-electron chi connectivity index (χ2n) is 5.46. The number of rotatable bonds is 5. The van der Waals surface area contributed by atoms with Crippen molar-refractivity contribution in [3.63, 3.8) is 0 Å². The molecule has 0 aliphatic carbocycles. The number of hydrogen-bond acceptors (Lipinski definition) is 5. The van der Waals surface area contributed by atoms with Crippen LogP contribution in [0.4, 0.5) is 11.5 Å². The average Bonchev–Trinajstić information content (AvgIpc) is 2.61. The summed E-state index contributed by atoms with van der Waals surface area (Å²) < 4.78 is 5.16. The topological polar surface area (TPSA) is 84.3 Å². The Labute approximate surface area is 145 Å². The molecule has 0 amide bonds. The van der Waals surface area contributed by atoms with E-state index in [0.717, 1.165) is 17.0 Å². The highest BCUT2D eigenvalue weighted by atomic mass is 16.5. The smallest absolute Gasteiger partial charge is 0.335 e. The first-order valence-electron chi connectivity index (χ1n) is 7.65. The zero-order valence-electron chi connectivity index (χ0n) is 13.9. The maximum absolute atomic E-state index is 11.1. The normalized spacial score (nSPS) is 10.3. The molecule has 0 spiro atoms. The molecule has 1 heterocycles. The molecule has 0 saturated carbocycles. The van der Waals surface area contributed by atoms with Gasteiger partial charge >= 0.3 is 5.97 Å². The number of carbonyl (C=O) groups is 1.